The van der Waals surface area contributed by atoms with Crippen LogP contribution in [0.3, 0.4) is 0 Å². The van der Waals surface area contributed by atoms with Crippen LogP contribution in [0.5, 0.6) is 0 Å². The fraction of sp³-hybridized carbons (Fsp3) is 0.300. The second-order valence-corrected chi connectivity index (χ2v) is 6.25. The predicted octanol–water partition coefficient (Wildman–Crippen LogP) is 3.53. The molecule has 0 aliphatic rings. The normalized spacial score (nSPS) is 13.8. The van der Waals surface area contributed by atoms with Crippen LogP contribution in [0.1, 0.15) is 30.8 Å². The van der Waals surface area contributed by atoms with Crippen LogP contribution < -0.4 is 0 Å². The number of aromatic nitrogens is 2. The molecule has 1 aromatic heterocycles. The molecule has 0 amide bonds. The van der Waals surface area contributed by atoms with Crippen molar-refractivity contribution in [2.45, 2.75) is 25.5 Å². The molecule has 0 aliphatic heterocycles. The van der Waals surface area contributed by atoms with Gasteiger partial charge in [0.2, 0.25) is 11.7 Å². The summed E-state index contributed by atoms with van der Waals surface area (Å²) in [5.74, 6) is 1.14. The molecule has 1 N–H and O–H groups in total. The van der Waals surface area contributed by atoms with E-state index in [1.807, 2.05) is 55.6 Å². The maximum absolute atomic E-state index is 9.60. The molecule has 0 fully saturated rings. The largest absolute Gasteiger partial charge is 0.393 e. The Morgan fingerprint density at radius 3 is 2.32 bits per heavy atom. The summed E-state index contributed by atoms with van der Waals surface area (Å²) in [6.45, 7) is 2.52. The van der Waals surface area contributed by atoms with Crippen LogP contribution in [0.15, 0.2) is 65.2 Å². The van der Waals surface area contributed by atoms with E-state index in [9.17, 15) is 5.11 Å². The molecule has 5 nitrogen and oxygen atoms in total. The molecule has 3 rings (SSSR count). The lowest BCUT2D eigenvalue weighted by Gasteiger charge is -2.26. The predicted molar refractivity (Wildman–Crippen MR) is 96.9 cm³/mol. The van der Waals surface area contributed by atoms with Crippen molar-refractivity contribution in [2.75, 3.05) is 13.6 Å². The Morgan fingerprint density at radius 2 is 1.68 bits per heavy atom. The van der Waals surface area contributed by atoms with Gasteiger partial charge in [-0.25, -0.2) is 0 Å². The van der Waals surface area contributed by atoms with Crippen molar-refractivity contribution < 1.29 is 9.63 Å². The Morgan fingerprint density at radius 1 is 1.04 bits per heavy atom. The third-order valence-corrected chi connectivity index (χ3v) is 4.16. The van der Waals surface area contributed by atoms with E-state index in [0.717, 1.165) is 17.7 Å². The van der Waals surface area contributed by atoms with Gasteiger partial charge in [-0.2, -0.15) is 4.98 Å². The fourth-order valence-corrected chi connectivity index (χ4v) is 2.79. The van der Waals surface area contributed by atoms with Gasteiger partial charge in [-0.15, -0.1) is 0 Å². The highest BCUT2D eigenvalue weighted by Crippen LogP contribution is 2.28. The summed E-state index contributed by atoms with van der Waals surface area (Å²) in [6, 6.07) is 19.7. The Kier molecular flexibility index (Phi) is 5.58. The van der Waals surface area contributed by atoms with Gasteiger partial charge in [-0.3, -0.25) is 4.90 Å². The molecule has 1 heterocycles. The highest BCUT2D eigenvalue weighted by atomic mass is 16.5. The minimum absolute atomic E-state index is 0.148. The lowest BCUT2D eigenvalue weighted by atomic mass is 10.0. The van der Waals surface area contributed by atoms with Crippen molar-refractivity contribution in [2.24, 2.45) is 0 Å². The summed E-state index contributed by atoms with van der Waals surface area (Å²) < 4.78 is 5.60. The van der Waals surface area contributed by atoms with Crippen molar-refractivity contribution in [3.63, 3.8) is 0 Å². The first-order valence-electron chi connectivity index (χ1n) is 8.47. The van der Waals surface area contributed by atoms with E-state index < -0.39 is 0 Å². The molecule has 5 heteroatoms. The summed E-state index contributed by atoms with van der Waals surface area (Å²) in [6.07, 6.45) is 0.334. The Hall–Kier alpha value is -2.50. The Bertz CT molecular complexity index is 772. The maximum atomic E-state index is 9.60. The van der Waals surface area contributed by atoms with Crippen molar-refractivity contribution in [3.8, 4) is 11.4 Å². The first-order valence-corrected chi connectivity index (χ1v) is 8.47. The molecular formula is C20H23N3O2. The number of rotatable bonds is 7. The van der Waals surface area contributed by atoms with Crippen molar-refractivity contribution >= 4 is 0 Å². The van der Waals surface area contributed by atoms with E-state index in [0.29, 0.717) is 18.1 Å². The quantitative estimate of drug-likeness (QED) is 0.714. The molecule has 0 saturated heterocycles. The van der Waals surface area contributed by atoms with Gasteiger partial charge in [-0.05, 0) is 26.0 Å². The van der Waals surface area contributed by atoms with E-state index in [1.165, 1.54) is 0 Å². The number of aliphatic hydroxyl groups is 1. The third-order valence-electron chi connectivity index (χ3n) is 4.16. The minimum atomic E-state index is -0.346. The average molecular weight is 337 g/mol. The summed E-state index contributed by atoms with van der Waals surface area (Å²) >= 11 is 0. The molecule has 0 saturated carbocycles. The van der Waals surface area contributed by atoms with Crippen LogP contribution in [0, 0.1) is 0 Å². The molecule has 0 spiro atoms. The minimum Gasteiger partial charge on any atom is -0.393 e. The summed E-state index contributed by atoms with van der Waals surface area (Å²) in [5, 5.41) is 13.7. The molecule has 0 bridgehead atoms. The SMILES string of the molecule is CC(O)CCN(C)C(c1ccccc1)c1nc(-c2ccccc2)no1. The summed E-state index contributed by atoms with van der Waals surface area (Å²) in [7, 11) is 2.01. The van der Waals surface area contributed by atoms with E-state index in [2.05, 4.69) is 27.2 Å². The highest BCUT2D eigenvalue weighted by molar-refractivity contribution is 5.53. The molecule has 0 radical (unpaired) electrons. The fourth-order valence-electron chi connectivity index (χ4n) is 2.79. The number of hydrogen-bond acceptors (Lipinski definition) is 5. The zero-order valence-electron chi connectivity index (χ0n) is 14.5. The van der Waals surface area contributed by atoms with E-state index in [4.69, 9.17) is 4.52 Å². The van der Waals surface area contributed by atoms with Crippen LogP contribution in [-0.2, 0) is 0 Å². The Balaban J connectivity index is 1.91. The number of hydrogen-bond donors (Lipinski definition) is 1. The van der Waals surface area contributed by atoms with E-state index in [1.54, 1.807) is 6.92 Å². The van der Waals surface area contributed by atoms with Crippen LogP contribution in [0.2, 0.25) is 0 Å². The maximum Gasteiger partial charge on any atom is 0.248 e. The highest BCUT2D eigenvalue weighted by Gasteiger charge is 2.25. The average Bonchev–Trinajstić information content (AvgIpc) is 3.11. The lowest BCUT2D eigenvalue weighted by molar-refractivity contribution is 0.148. The molecule has 2 unspecified atom stereocenters. The van der Waals surface area contributed by atoms with Crippen LogP contribution >= 0.6 is 0 Å². The van der Waals surface area contributed by atoms with Crippen LogP contribution in [0.25, 0.3) is 11.4 Å². The number of benzene rings is 2. The first kappa shape index (κ1) is 17.3. The topological polar surface area (TPSA) is 62.4 Å². The van der Waals surface area contributed by atoms with Crippen molar-refractivity contribution in [1.82, 2.24) is 15.0 Å². The molecule has 25 heavy (non-hydrogen) atoms. The monoisotopic (exact) mass is 337 g/mol. The zero-order valence-corrected chi connectivity index (χ0v) is 14.5. The van der Waals surface area contributed by atoms with Crippen LogP contribution in [0.4, 0.5) is 0 Å². The van der Waals surface area contributed by atoms with Gasteiger partial charge in [0.1, 0.15) is 6.04 Å². The van der Waals surface area contributed by atoms with Crippen LogP contribution in [-0.4, -0.2) is 39.8 Å². The summed E-state index contributed by atoms with van der Waals surface area (Å²) in [5.41, 5.74) is 2.01. The second-order valence-electron chi connectivity index (χ2n) is 6.25. The smallest absolute Gasteiger partial charge is 0.248 e. The van der Waals surface area contributed by atoms with E-state index in [-0.39, 0.29) is 12.1 Å². The standard InChI is InChI=1S/C20H23N3O2/c1-15(24)13-14-23(2)18(16-9-5-3-6-10-16)20-21-19(22-25-20)17-11-7-4-8-12-17/h3-12,15,18,24H,13-14H2,1-2H3. The Labute approximate surface area is 147 Å². The molecule has 2 aromatic carbocycles. The molecule has 0 aliphatic carbocycles. The van der Waals surface area contributed by atoms with Crippen molar-refractivity contribution in [1.29, 1.82) is 0 Å². The first-order chi connectivity index (χ1) is 12.1. The number of nitrogens with zero attached hydrogens (tertiary/aromatic N) is 3. The van der Waals surface area contributed by atoms with Gasteiger partial charge in [0.15, 0.2) is 0 Å². The number of aliphatic hydroxyl groups excluding tert-OH is 1. The summed E-state index contributed by atoms with van der Waals surface area (Å²) in [4.78, 5) is 6.75. The van der Waals surface area contributed by atoms with Gasteiger partial charge in [0.05, 0.1) is 6.10 Å². The van der Waals surface area contributed by atoms with Gasteiger partial charge in [-0.1, -0.05) is 65.8 Å². The van der Waals surface area contributed by atoms with Crippen molar-refractivity contribution in [3.05, 3.63) is 72.1 Å². The van der Waals surface area contributed by atoms with Gasteiger partial charge >= 0.3 is 0 Å². The molecular weight excluding hydrogens is 314 g/mol. The third kappa shape index (κ3) is 4.32. The van der Waals surface area contributed by atoms with E-state index >= 15 is 0 Å². The molecule has 3 aromatic rings. The van der Waals surface area contributed by atoms with Gasteiger partial charge < -0.3 is 9.63 Å². The zero-order chi connectivity index (χ0) is 17.6. The second kappa shape index (κ2) is 8.05. The van der Waals surface area contributed by atoms with Gasteiger partial charge in [0.25, 0.3) is 0 Å². The molecule has 130 valence electrons. The lowest BCUT2D eigenvalue weighted by Crippen LogP contribution is -2.28. The molecule has 2 atom stereocenters. The van der Waals surface area contributed by atoms with Gasteiger partial charge in [0, 0.05) is 12.1 Å².